The van der Waals surface area contributed by atoms with Crippen molar-refractivity contribution < 1.29 is 23.9 Å². The van der Waals surface area contributed by atoms with Gasteiger partial charge in [0.25, 0.3) is 0 Å². The number of para-hydroxylation sites is 1. The lowest BCUT2D eigenvalue weighted by molar-refractivity contribution is -0.127. The average molecular weight is 583 g/mol. The van der Waals surface area contributed by atoms with E-state index in [1.54, 1.807) is 48.5 Å². The third-order valence-corrected chi connectivity index (χ3v) is 7.55. The molecule has 222 valence electrons. The van der Waals surface area contributed by atoms with Crippen molar-refractivity contribution >= 4 is 46.1 Å². The first-order chi connectivity index (χ1) is 20.8. The SMILES string of the molecule is COC(=O)c1ccc([C@@H](C(=O)NC2CCCCC2)N(C(=O)Cn2nnc3ccccc32)c2ccc(NC(C)=O)cc2)cc1. The van der Waals surface area contributed by atoms with Crippen LogP contribution in [0.4, 0.5) is 11.4 Å². The third kappa shape index (κ3) is 6.88. The monoisotopic (exact) mass is 582 g/mol. The topological polar surface area (TPSA) is 136 Å². The molecule has 3 amide bonds. The molecule has 43 heavy (non-hydrogen) atoms. The van der Waals surface area contributed by atoms with Gasteiger partial charge in [0.15, 0.2) is 0 Å². The summed E-state index contributed by atoms with van der Waals surface area (Å²) >= 11 is 0. The van der Waals surface area contributed by atoms with E-state index in [1.165, 1.54) is 23.6 Å². The minimum absolute atomic E-state index is 0.00329. The van der Waals surface area contributed by atoms with Crippen molar-refractivity contribution in [2.75, 3.05) is 17.3 Å². The van der Waals surface area contributed by atoms with E-state index in [2.05, 4.69) is 20.9 Å². The van der Waals surface area contributed by atoms with E-state index < -0.39 is 17.9 Å². The molecule has 0 radical (unpaired) electrons. The fourth-order valence-electron chi connectivity index (χ4n) is 5.45. The second-order valence-electron chi connectivity index (χ2n) is 10.6. The number of hydrogen-bond donors (Lipinski definition) is 2. The second kappa shape index (κ2) is 13.3. The molecular weight excluding hydrogens is 548 g/mol. The van der Waals surface area contributed by atoms with Crippen LogP contribution in [0.25, 0.3) is 11.0 Å². The van der Waals surface area contributed by atoms with Crippen LogP contribution in [0.5, 0.6) is 0 Å². The molecule has 11 nitrogen and oxygen atoms in total. The predicted molar refractivity (Wildman–Crippen MR) is 161 cm³/mol. The molecule has 1 saturated carbocycles. The van der Waals surface area contributed by atoms with Crippen molar-refractivity contribution in [1.82, 2.24) is 20.3 Å². The zero-order valence-electron chi connectivity index (χ0n) is 24.2. The highest BCUT2D eigenvalue weighted by atomic mass is 16.5. The highest BCUT2D eigenvalue weighted by Crippen LogP contribution is 2.31. The normalized spacial score (nSPS) is 14.1. The largest absolute Gasteiger partial charge is 0.465 e. The van der Waals surface area contributed by atoms with Crippen molar-refractivity contribution in [2.45, 2.75) is 57.7 Å². The lowest BCUT2D eigenvalue weighted by atomic mass is 9.94. The Kier molecular flexibility index (Phi) is 9.09. The molecule has 0 saturated heterocycles. The summed E-state index contributed by atoms with van der Waals surface area (Å²) in [5.74, 6) is -1.47. The summed E-state index contributed by atoms with van der Waals surface area (Å²) in [6.07, 6.45) is 4.90. The maximum absolute atomic E-state index is 14.3. The van der Waals surface area contributed by atoms with Crippen molar-refractivity contribution in [3.8, 4) is 0 Å². The fraction of sp³-hybridized carbons (Fsp3) is 0.312. The highest BCUT2D eigenvalue weighted by molar-refractivity contribution is 6.02. The van der Waals surface area contributed by atoms with Gasteiger partial charge in [0.1, 0.15) is 18.1 Å². The Labute approximate surface area is 249 Å². The van der Waals surface area contributed by atoms with Crippen LogP contribution in [0, 0.1) is 0 Å². The van der Waals surface area contributed by atoms with Gasteiger partial charge in [-0.05, 0) is 66.9 Å². The molecule has 1 aliphatic rings. The van der Waals surface area contributed by atoms with Gasteiger partial charge in [0.05, 0.1) is 18.2 Å². The fourth-order valence-corrected chi connectivity index (χ4v) is 5.45. The summed E-state index contributed by atoms with van der Waals surface area (Å²) in [5.41, 5.74) is 3.17. The van der Waals surface area contributed by atoms with E-state index in [0.29, 0.717) is 33.5 Å². The standard InChI is InChI=1S/C32H34N6O5/c1-21(39)33-25-16-18-26(19-17-25)38(29(40)20-37-28-11-7-6-10-27(28)35-36-37)30(31(41)34-24-8-4-3-5-9-24)22-12-14-23(15-13-22)32(42)43-2/h6-7,10-19,24,30H,3-5,8-9,20H2,1-2H3,(H,33,39)(H,34,41)/t30-/m0/s1. The van der Waals surface area contributed by atoms with E-state index >= 15 is 0 Å². The van der Waals surface area contributed by atoms with E-state index in [9.17, 15) is 19.2 Å². The first-order valence-electron chi connectivity index (χ1n) is 14.3. The summed E-state index contributed by atoms with van der Waals surface area (Å²) in [7, 11) is 1.30. The van der Waals surface area contributed by atoms with E-state index in [4.69, 9.17) is 4.74 Å². The quantitative estimate of drug-likeness (QED) is 0.279. The predicted octanol–water partition coefficient (Wildman–Crippen LogP) is 4.40. The first-order valence-corrected chi connectivity index (χ1v) is 14.3. The number of methoxy groups -OCH3 is 1. The number of nitrogens with one attached hydrogen (secondary N) is 2. The van der Waals surface area contributed by atoms with Gasteiger partial charge in [0.2, 0.25) is 17.7 Å². The van der Waals surface area contributed by atoms with Crippen molar-refractivity contribution in [2.24, 2.45) is 0 Å². The van der Waals surface area contributed by atoms with Crippen LogP contribution in [0.15, 0.2) is 72.8 Å². The molecule has 1 aliphatic carbocycles. The highest BCUT2D eigenvalue weighted by Gasteiger charge is 2.34. The minimum Gasteiger partial charge on any atom is -0.465 e. The molecule has 1 atom stereocenters. The van der Waals surface area contributed by atoms with Gasteiger partial charge in [-0.15, -0.1) is 5.10 Å². The molecule has 2 N–H and O–H groups in total. The molecule has 1 fully saturated rings. The van der Waals surface area contributed by atoms with Crippen LogP contribution in [0.1, 0.15) is 61.0 Å². The van der Waals surface area contributed by atoms with Gasteiger partial charge in [-0.2, -0.15) is 0 Å². The Bertz CT molecular complexity index is 1610. The van der Waals surface area contributed by atoms with E-state index in [-0.39, 0.29) is 24.4 Å². The third-order valence-electron chi connectivity index (χ3n) is 7.55. The summed E-state index contributed by atoms with van der Waals surface area (Å²) in [4.78, 5) is 53.6. The molecule has 5 rings (SSSR count). The number of hydrogen-bond acceptors (Lipinski definition) is 7. The lowest BCUT2D eigenvalue weighted by Gasteiger charge is -2.33. The Hall–Kier alpha value is -5.06. The molecular formula is C32H34N6O5. The summed E-state index contributed by atoms with van der Waals surface area (Å²) in [6, 6.07) is 19.5. The van der Waals surface area contributed by atoms with Gasteiger partial charge in [-0.25, -0.2) is 9.48 Å². The lowest BCUT2D eigenvalue weighted by Crippen LogP contribution is -2.48. The maximum atomic E-state index is 14.3. The number of anilines is 2. The van der Waals surface area contributed by atoms with Gasteiger partial charge in [-0.3, -0.25) is 19.3 Å². The number of amides is 3. The molecule has 0 unspecified atom stereocenters. The number of benzene rings is 3. The maximum Gasteiger partial charge on any atom is 0.337 e. The van der Waals surface area contributed by atoms with E-state index in [1.807, 2.05) is 24.3 Å². The summed E-state index contributed by atoms with van der Waals surface area (Å²) in [5, 5.41) is 14.3. The van der Waals surface area contributed by atoms with E-state index in [0.717, 1.165) is 32.1 Å². The number of fused-ring (bicyclic) bond motifs is 1. The average Bonchev–Trinajstić information content (AvgIpc) is 3.42. The van der Waals surface area contributed by atoms with Gasteiger partial charge in [0, 0.05) is 24.3 Å². The number of rotatable bonds is 9. The molecule has 0 aliphatic heterocycles. The summed E-state index contributed by atoms with van der Waals surface area (Å²) in [6.45, 7) is 1.23. The van der Waals surface area contributed by atoms with Crippen LogP contribution >= 0.6 is 0 Å². The molecule has 0 bridgehead atoms. The van der Waals surface area contributed by atoms with Gasteiger partial charge >= 0.3 is 5.97 Å². The van der Waals surface area contributed by atoms with Gasteiger partial charge < -0.3 is 15.4 Å². The van der Waals surface area contributed by atoms with Crippen molar-refractivity contribution in [3.63, 3.8) is 0 Å². The molecule has 3 aromatic carbocycles. The number of carbonyl (C=O) groups is 4. The Balaban J connectivity index is 1.57. The zero-order valence-corrected chi connectivity index (χ0v) is 24.2. The van der Waals surface area contributed by atoms with Crippen LogP contribution in [0.2, 0.25) is 0 Å². The Morgan fingerprint density at radius 1 is 0.953 bits per heavy atom. The Morgan fingerprint density at radius 2 is 1.65 bits per heavy atom. The number of aromatic nitrogens is 3. The smallest absolute Gasteiger partial charge is 0.337 e. The molecule has 11 heteroatoms. The van der Waals surface area contributed by atoms with Gasteiger partial charge in [-0.1, -0.05) is 48.7 Å². The number of carbonyl (C=O) groups excluding carboxylic acids is 4. The molecule has 4 aromatic rings. The van der Waals surface area contributed by atoms with Crippen LogP contribution in [0.3, 0.4) is 0 Å². The van der Waals surface area contributed by atoms with Crippen molar-refractivity contribution in [1.29, 1.82) is 0 Å². The Morgan fingerprint density at radius 3 is 2.33 bits per heavy atom. The van der Waals surface area contributed by atoms with Crippen LogP contribution < -0.4 is 15.5 Å². The van der Waals surface area contributed by atoms with Crippen LogP contribution in [-0.2, 0) is 25.7 Å². The number of esters is 1. The van der Waals surface area contributed by atoms with Crippen molar-refractivity contribution in [3.05, 3.63) is 83.9 Å². The number of ether oxygens (including phenoxy) is 1. The molecule has 0 spiro atoms. The van der Waals surface area contributed by atoms with Crippen LogP contribution in [-0.4, -0.2) is 51.8 Å². The molecule has 1 aromatic heterocycles. The zero-order chi connectivity index (χ0) is 30.3. The minimum atomic E-state index is -1.07. The number of nitrogens with zero attached hydrogens (tertiary/aromatic N) is 4. The summed E-state index contributed by atoms with van der Waals surface area (Å²) < 4.78 is 6.35. The second-order valence-corrected chi connectivity index (χ2v) is 10.6. The molecule has 1 heterocycles. The first kappa shape index (κ1) is 29.4.